The van der Waals surface area contributed by atoms with Crippen molar-refractivity contribution < 1.29 is 27.4 Å². The van der Waals surface area contributed by atoms with E-state index >= 15 is 0 Å². The SMILES string of the molecule is COc1cccc(N(Cc2ccc(C(=O)NCc3ccc(OC)c(OC)c3)cc2)S(C)(=O)=O)c1. The molecule has 1 N–H and O–H groups in total. The average Bonchev–Trinajstić information content (AvgIpc) is 2.85. The van der Waals surface area contributed by atoms with Gasteiger partial charge in [0.05, 0.1) is 39.8 Å². The van der Waals surface area contributed by atoms with E-state index < -0.39 is 10.0 Å². The molecule has 3 rings (SSSR count). The van der Waals surface area contributed by atoms with E-state index in [9.17, 15) is 13.2 Å². The van der Waals surface area contributed by atoms with E-state index in [0.29, 0.717) is 35.0 Å². The van der Waals surface area contributed by atoms with Crippen molar-refractivity contribution >= 4 is 21.6 Å². The van der Waals surface area contributed by atoms with Crippen LogP contribution in [-0.4, -0.2) is 41.9 Å². The number of anilines is 1. The van der Waals surface area contributed by atoms with E-state index in [-0.39, 0.29) is 12.5 Å². The van der Waals surface area contributed by atoms with Crippen LogP contribution in [0.4, 0.5) is 5.69 Å². The van der Waals surface area contributed by atoms with E-state index in [0.717, 1.165) is 17.4 Å². The normalized spacial score (nSPS) is 10.9. The summed E-state index contributed by atoms with van der Waals surface area (Å²) >= 11 is 0. The lowest BCUT2D eigenvalue weighted by Crippen LogP contribution is -2.29. The van der Waals surface area contributed by atoms with E-state index in [1.807, 2.05) is 6.07 Å². The minimum atomic E-state index is -3.54. The summed E-state index contributed by atoms with van der Waals surface area (Å²) in [6.07, 6.45) is 1.16. The summed E-state index contributed by atoms with van der Waals surface area (Å²) in [5.41, 5.74) is 2.57. The maximum absolute atomic E-state index is 12.6. The van der Waals surface area contributed by atoms with Gasteiger partial charge in [0, 0.05) is 18.2 Å². The van der Waals surface area contributed by atoms with Crippen molar-refractivity contribution in [2.24, 2.45) is 0 Å². The van der Waals surface area contributed by atoms with Gasteiger partial charge in [-0.05, 0) is 47.5 Å². The standard InChI is InChI=1S/C25H28N2O6S/c1-31-22-7-5-6-21(15-22)27(34(4,29)30)17-18-8-11-20(12-9-18)25(28)26-16-19-10-13-23(32-2)24(14-19)33-3/h5-15H,16-17H2,1-4H3,(H,26,28). The van der Waals surface area contributed by atoms with Gasteiger partial charge in [0.2, 0.25) is 10.0 Å². The molecule has 3 aromatic rings. The van der Waals surface area contributed by atoms with Gasteiger partial charge in [-0.25, -0.2) is 8.42 Å². The third kappa shape index (κ3) is 6.20. The second-order valence-electron chi connectivity index (χ2n) is 7.54. The van der Waals surface area contributed by atoms with Crippen LogP contribution >= 0.6 is 0 Å². The Morgan fingerprint density at radius 3 is 2.15 bits per heavy atom. The zero-order valence-corrected chi connectivity index (χ0v) is 20.4. The molecular weight excluding hydrogens is 456 g/mol. The molecule has 0 bridgehead atoms. The van der Waals surface area contributed by atoms with E-state index in [2.05, 4.69) is 5.32 Å². The van der Waals surface area contributed by atoms with Gasteiger partial charge in [0.15, 0.2) is 11.5 Å². The molecule has 0 aromatic heterocycles. The van der Waals surface area contributed by atoms with Crippen LogP contribution in [0.2, 0.25) is 0 Å². The lowest BCUT2D eigenvalue weighted by molar-refractivity contribution is 0.0951. The summed E-state index contributed by atoms with van der Waals surface area (Å²) in [4.78, 5) is 12.6. The smallest absolute Gasteiger partial charge is 0.251 e. The number of nitrogens with zero attached hydrogens (tertiary/aromatic N) is 1. The Bertz CT molecular complexity index is 1240. The Balaban J connectivity index is 1.69. The van der Waals surface area contributed by atoms with Crippen LogP contribution in [0.1, 0.15) is 21.5 Å². The number of hydrogen-bond acceptors (Lipinski definition) is 6. The first-order valence-electron chi connectivity index (χ1n) is 10.4. The fraction of sp³-hybridized carbons (Fsp3) is 0.240. The van der Waals surface area contributed by atoms with Crippen LogP contribution in [0.15, 0.2) is 66.7 Å². The molecule has 9 heteroatoms. The number of methoxy groups -OCH3 is 3. The molecule has 0 saturated heterocycles. The number of carbonyl (C=O) groups is 1. The molecule has 34 heavy (non-hydrogen) atoms. The summed E-state index contributed by atoms with van der Waals surface area (Å²) in [6, 6.07) is 19.1. The van der Waals surface area contributed by atoms with Crippen molar-refractivity contribution in [3.8, 4) is 17.2 Å². The molecule has 0 aliphatic carbocycles. The van der Waals surface area contributed by atoms with Crippen LogP contribution in [0.3, 0.4) is 0 Å². The van der Waals surface area contributed by atoms with Gasteiger partial charge in [0.1, 0.15) is 5.75 Å². The Morgan fingerprint density at radius 2 is 1.53 bits per heavy atom. The van der Waals surface area contributed by atoms with Gasteiger partial charge in [-0.15, -0.1) is 0 Å². The van der Waals surface area contributed by atoms with Crippen molar-refractivity contribution in [3.63, 3.8) is 0 Å². The molecule has 0 radical (unpaired) electrons. The maximum atomic E-state index is 12.6. The highest BCUT2D eigenvalue weighted by atomic mass is 32.2. The maximum Gasteiger partial charge on any atom is 0.251 e. The fourth-order valence-electron chi connectivity index (χ4n) is 3.37. The van der Waals surface area contributed by atoms with Gasteiger partial charge in [-0.2, -0.15) is 0 Å². The number of amides is 1. The van der Waals surface area contributed by atoms with E-state index in [1.165, 1.54) is 11.4 Å². The van der Waals surface area contributed by atoms with Crippen LogP contribution in [-0.2, 0) is 23.1 Å². The summed E-state index contributed by atoms with van der Waals surface area (Å²) in [6.45, 7) is 0.443. The minimum absolute atomic E-state index is 0.125. The summed E-state index contributed by atoms with van der Waals surface area (Å²) in [5, 5.41) is 2.87. The number of ether oxygens (including phenoxy) is 3. The highest BCUT2D eigenvalue weighted by Gasteiger charge is 2.19. The first-order valence-corrected chi connectivity index (χ1v) is 12.3. The molecule has 0 unspecified atom stereocenters. The van der Waals surface area contributed by atoms with Gasteiger partial charge < -0.3 is 19.5 Å². The number of sulfonamides is 1. The molecule has 8 nitrogen and oxygen atoms in total. The van der Waals surface area contributed by atoms with Crippen LogP contribution in [0.25, 0.3) is 0 Å². The molecule has 0 aliphatic heterocycles. The predicted octanol–water partition coefficient (Wildman–Crippen LogP) is 3.61. The first-order chi connectivity index (χ1) is 16.2. The highest BCUT2D eigenvalue weighted by molar-refractivity contribution is 7.92. The molecule has 0 spiro atoms. The number of benzene rings is 3. The summed E-state index contributed by atoms with van der Waals surface area (Å²) in [7, 11) is 1.11. The molecule has 180 valence electrons. The van der Waals surface area contributed by atoms with Crippen LogP contribution < -0.4 is 23.8 Å². The van der Waals surface area contributed by atoms with Gasteiger partial charge >= 0.3 is 0 Å². The third-order valence-electron chi connectivity index (χ3n) is 5.18. The number of carbonyl (C=O) groups excluding carboxylic acids is 1. The van der Waals surface area contributed by atoms with Crippen LogP contribution in [0, 0.1) is 0 Å². The van der Waals surface area contributed by atoms with Gasteiger partial charge in [0.25, 0.3) is 5.91 Å². The quantitative estimate of drug-likeness (QED) is 0.473. The average molecular weight is 485 g/mol. The van der Waals surface area contributed by atoms with Gasteiger partial charge in [-0.3, -0.25) is 9.10 Å². The Kier molecular flexibility index (Phi) is 8.01. The van der Waals surface area contributed by atoms with E-state index in [1.54, 1.807) is 74.9 Å². The van der Waals surface area contributed by atoms with Crippen molar-refractivity contribution in [1.29, 1.82) is 0 Å². The Hall–Kier alpha value is -3.72. The number of nitrogens with one attached hydrogen (secondary N) is 1. The highest BCUT2D eigenvalue weighted by Crippen LogP contribution is 2.28. The largest absolute Gasteiger partial charge is 0.497 e. The van der Waals surface area contributed by atoms with E-state index in [4.69, 9.17) is 14.2 Å². The topological polar surface area (TPSA) is 94.2 Å². The Labute approximate surface area is 200 Å². The number of hydrogen-bond donors (Lipinski definition) is 1. The lowest BCUT2D eigenvalue weighted by atomic mass is 10.1. The Morgan fingerprint density at radius 1 is 0.853 bits per heavy atom. The fourth-order valence-corrected chi connectivity index (χ4v) is 4.25. The molecule has 0 aliphatic rings. The second kappa shape index (κ2) is 10.9. The molecule has 0 heterocycles. The third-order valence-corrected chi connectivity index (χ3v) is 6.33. The molecular formula is C25H28N2O6S. The lowest BCUT2D eigenvalue weighted by Gasteiger charge is -2.23. The van der Waals surface area contributed by atoms with Crippen molar-refractivity contribution in [2.75, 3.05) is 31.9 Å². The summed E-state index contributed by atoms with van der Waals surface area (Å²) in [5.74, 6) is 1.53. The molecule has 0 saturated carbocycles. The molecule has 1 amide bonds. The predicted molar refractivity (Wildman–Crippen MR) is 131 cm³/mol. The zero-order valence-electron chi connectivity index (χ0n) is 19.6. The molecule has 0 fully saturated rings. The second-order valence-corrected chi connectivity index (χ2v) is 9.45. The monoisotopic (exact) mass is 484 g/mol. The minimum Gasteiger partial charge on any atom is -0.497 e. The van der Waals surface area contributed by atoms with Crippen molar-refractivity contribution in [1.82, 2.24) is 5.32 Å². The summed E-state index contributed by atoms with van der Waals surface area (Å²) < 4.78 is 41.9. The van der Waals surface area contributed by atoms with Crippen molar-refractivity contribution in [2.45, 2.75) is 13.1 Å². The zero-order chi connectivity index (χ0) is 24.7. The van der Waals surface area contributed by atoms with Gasteiger partial charge in [-0.1, -0.05) is 24.3 Å². The molecule has 3 aromatic carbocycles. The molecule has 0 atom stereocenters. The van der Waals surface area contributed by atoms with Crippen LogP contribution in [0.5, 0.6) is 17.2 Å². The van der Waals surface area contributed by atoms with Crippen molar-refractivity contribution in [3.05, 3.63) is 83.4 Å². The number of rotatable bonds is 10. The first kappa shape index (κ1) is 24.9.